The molecule has 2 N–H and O–H groups in total. The molecule has 2 aromatic carbocycles. The van der Waals surface area contributed by atoms with Crippen LogP contribution in [0.2, 0.25) is 0 Å². The minimum absolute atomic E-state index is 0.0943. The maximum absolute atomic E-state index is 12.8. The van der Waals surface area contributed by atoms with Crippen molar-refractivity contribution in [3.05, 3.63) is 59.8 Å². The van der Waals surface area contributed by atoms with Gasteiger partial charge in [0.2, 0.25) is 0 Å². The van der Waals surface area contributed by atoms with Gasteiger partial charge >= 0.3 is 0 Å². The zero-order valence-electron chi connectivity index (χ0n) is 12.0. The molecular formula is C17H16N2O2. The van der Waals surface area contributed by atoms with E-state index >= 15 is 0 Å². The minimum atomic E-state index is -0.0943. The van der Waals surface area contributed by atoms with Crippen LogP contribution in [-0.2, 0) is 7.05 Å². The van der Waals surface area contributed by atoms with Gasteiger partial charge in [-0.25, -0.2) is 0 Å². The summed E-state index contributed by atoms with van der Waals surface area (Å²) in [5, 5.41) is 0.816. The third kappa shape index (κ3) is 2.05. The Balaban J connectivity index is 2.26. The average molecular weight is 280 g/mol. The number of carbonyl (C=O) groups excluding carboxylic acids is 1. The van der Waals surface area contributed by atoms with Crippen LogP contribution in [0.25, 0.3) is 10.9 Å². The zero-order chi connectivity index (χ0) is 15.0. The predicted molar refractivity (Wildman–Crippen MR) is 83.8 cm³/mol. The maximum atomic E-state index is 12.8. The van der Waals surface area contributed by atoms with Gasteiger partial charge in [-0.2, -0.15) is 0 Å². The Labute approximate surface area is 122 Å². The highest BCUT2D eigenvalue weighted by Crippen LogP contribution is 2.32. The first-order chi connectivity index (χ1) is 10.1. The zero-order valence-corrected chi connectivity index (χ0v) is 12.0. The van der Waals surface area contributed by atoms with Crippen LogP contribution in [0.5, 0.6) is 5.75 Å². The number of benzene rings is 2. The van der Waals surface area contributed by atoms with Crippen molar-refractivity contribution in [2.75, 3.05) is 12.8 Å². The summed E-state index contributed by atoms with van der Waals surface area (Å²) in [4.78, 5) is 12.8. The number of rotatable bonds is 3. The Bertz CT molecular complexity index is 834. The van der Waals surface area contributed by atoms with Crippen molar-refractivity contribution < 1.29 is 9.53 Å². The van der Waals surface area contributed by atoms with Crippen LogP contribution in [0.3, 0.4) is 0 Å². The van der Waals surface area contributed by atoms with Crippen LogP contribution >= 0.6 is 0 Å². The Kier molecular flexibility index (Phi) is 3.14. The summed E-state index contributed by atoms with van der Waals surface area (Å²) in [5.74, 6) is 0.592. The van der Waals surface area contributed by atoms with Gasteiger partial charge in [0.1, 0.15) is 5.75 Å². The quantitative estimate of drug-likeness (QED) is 0.592. The van der Waals surface area contributed by atoms with Gasteiger partial charge < -0.3 is 15.0 Å². The number of nitrogens with two attached hydrogens (primary N) is 1. The van der Waals surface area contributed by atoms with Crippen molar-refractivity contribution in [3.63, 3.8) is 0 Å². The molecule has 0 aliphatic carbocycles. The van der Waals surface area contributed by atoms with Crippen molar-refractivity contribution in [1.82, 2.24) is 4.57 Å². The van der Waals surface area contributed by atoms with Gasteiger partial charge in [-0.1, -0.05) is 18.2 Å². The molecule has 21 heavy (non-hydrogen) atoms. The van der Waals surface area contributed by atoms with Crippen LogP contribution in [0.15, 0.2) is 48.7 Å². The van der Waals surface area contributed by atoms with Crippen molar-refractivity contribution in [2.45, 2.75) is 0 Å². The molecule has 0 saturated carbocycles. The summed E-state index contributed by atoms with van der Waals surface area (Å²) in [6.45, 7) is 0. The van der Waals surface area contributed by atoms with E-state index in [0.29, 0.717) is 22.6 Å². The van der Waals surface area contributed by atoms with E-state index in [9.17, 15) is 4.79 Å². The molecule has 1 heterocycles. The summed E-state index contributed by atoms with van der Waals surface area (Å²) in [5.41, 5.74) is 8.46. The molecule has 4 heteroatoms. The molecule has 0 amide bonds. The molecular weight excluding hydrogens is 264 g/mol. The number of carbonyl (C=O) groups is 1. The highest BCUT2D eigenvalue weighted by atomic mass is 16.5. The molecule has 0 radical (unpaired) electrons. The number of para-hydroxylation sites is 1. The molecule has 0 saturated heterocycles. The van der Waals surface area contributed by atoms with E-state index in [-0.39, 0.29) is 5.78 Å². The second-order valence-electron chi connectivity index (χ2n) is 4.92. The fraction of sp³-hybridized carbons (Fsp3) is 0.118. The summed E-state index contributed by atoms with van der Waals surface area (Å²) in [6.07, 6.45) is 1.82. The summed E-state index contributed by atoms with van der Waals surface area (Å²) in [7, 11) is 3.51. The van der Waals surface area contributed by atoms with E-state index in [1.807, 2.05) is 48.1 Å². The number of nitrogens with zero attached hydrogens (tertiary/aromatic N) is 1. The number of methoxy groups -OCH3 is 1. The number of anilines is 1. The van der Waals surface area contributed by atoms with Gasteiger partial charge in [0.25, 0.3) is 0 Å². The number of hydrogen-bond acceptors (Lipinski definition) is 3. The van der Waals surface area contributed by atoms with Gasteiger partial charge in [-0.15, -0.1) is 0 Å². The molecule has 3 aromatic rings. The summed E-state index contributed by atoms with van der Waals surface area (Å²) < 4.78 is 7.32. The van der Waals surface area contributed by atoms with E-state index < -0.39 is 0 Å². The monoisotopic (exact) mass is 280 g/mol. The number of hydrogen-bond donors (Lipinski definition) is 1. The number of nitrogen functional groups attached to an aromatic ring is 1. The van der Waals surface area contributed by atoms with E-state index in [1.54, 1.807) is 19.2 Å². The number of aromatic nitrogens is 1. The highest BCUT2D eigenvalue weighted by molar-refractivity contribution is 6.19. The fourth-order valence-electron chi connectivity index (χ4n) is 2.60. The first kappa shape index (κ1) is 13.2. The lowest BCUT2D eigenvalue weighted by molar-refractivity contribution is 0.104. The number of fused-ring (bicyclic) bond motifs is 1. The molecule has 0 aliphatic heterocycles. The second-order valence-corrected chi connectivity index (χ2v) is 4.92. The van der Waals surface area contributed by atoms with E-state index in [4.69, 9.17) is 10.5 Å². The van der Waals surface area contributed by atoms with Gasteiger partial charge in [0.15, 0.2) is 5.78 Å². The van der Waals surface area contributed by atoms with Crippen LogP contribution < -0.4 is 10.5 Å². The van der Waals surface area contributed by atoms with Crippen molar-refractivity contribution in [3.8, 4) is 5.75 Å². The molecule has 0 bridgehead atoms. The van der Waals surface area contributed by atoms with Gasteiger partial charge in [-0.3, -0.25) is 4.79 Å². The Morgan fingerprint density at radius 3 is 2.57 bits per heavy atom. The molecule has 4 nitrogen and oxygen atoms in total. The molecule has 1 aromatic heterocycles. The lowest BCUT2D eigenvalue weighted by atomic mass is 10.0. The number of ketones is 1. The van der Waals surface area contributed by atoms with Crippen molar-refractivity contribution >= 4 is 22.4 Å². The highest BCUT2D eigenvalue weighted by Gasteiger charge is 2.20. The van der Waals surface area contributed by atoms with Crippen LogP contribution in [0, 0.1) is 0 Å². The lowest BCUT2D eigenvalue weighted by Gasteiger charge is -2.06. The third-order valence-corrected chi connectivity index (χ3v) is 3.65. The second kappa shape index (κ2) is 4.98. The van der Waals surface area contributed by atoms with Gasteiger partial charge in [0, 0.05) is 24.5 Å². The summed E-state index contributed by atoms with van der Waals surface area (Å²) in [6, 6.07) is 12.8. The molecule has 106 valence electrons. The predicted octanol–water partition coefficient (Wildman–Crippen LogP) is 3.00. The Hall–Kier alpha value is -2.75. The number of aryl methyl sites for hydroxylation is 1. The van der Waals surface area contributed by atoms with E-state index in [2.05, 4.69) is 0 Å². The topological polar surface area (TPSA) is 57.2 Å². The van der Waals surface area contributed by atoms with E-state index in [1.165, 1.54) is 0 Å². The van der Waals surface area contributed by atoms with Crippen molar-refractivity contribution in [1.29, 1.82) is 0 Å². The molecule has 0 aliphatic rings. The van der Waals surface area contributed by atoms with Crippen LogP contribution in [0.1, 0.15) is 15.9 Å². The normalized spacial score (nSPS) is 10.8. The molecule has 0 atom stereocenters. The van der Waals surface area contributed by atoms with Crippen molar-refractivity contribution in [2.24, 2.45) is 7.05 Å². The minimum Gasteiger partial charge on any atom is -0.496 e. The smallest absolute Gasteiger partial charge is 0.197 e. The maximum Gasteiger partial charge on any atom is 0.197 e. The summed E-state index contributed by atoms with van der Waals surface area (Å²) >= 11 is 0. The standard InChI is InChI=1S/C17H16N2O2/c1-19-10-12(16-14(19)8-5-9-15(16)21-2)17(20)11-6-3-4-7-13(11)18/h3-10H,18H2,1-2H3. The molecule has 0 spiro atoms. The Morgan fingerprint density at radius 2 is 1.86 bits per heavy atom. The largest absolute Gasteiger partial charge is 0.496 e. The van der Waals surface area contributed by atoms with Crippen LogP contribution in [-0.4, -0.2) is 17.5 Å². The average Bonchev–Trinajstić information content (AvgIpc) is 2.84. The van der Waals surface area contributed by atoms with Crippen LogP contribution in [0.4, 0.5) is 5.69 Å². The first-order valence-corrected chi connectivity index (χ1v) is 6.64. The fourth-order valence-corrected chi connectivity index (χ4v) is 2.60. The Morgan fingerprint density at radius 1 is 1.10 bits per heavy atom. The first-order valence-electron chi connectivity index (χ1n) is 6.64. The van der Waals surface area contributed by atoms with E-state index in [0.717, 1.165) is 10.9 Å². The van der Waals surface area contributed by atoms with Gasteiger partial charge in [-0.05, 0) is 24.3 Å². The van der Waals surface area contributed by atoms with Gasteiger partial charge in [0.05, 0.1) is 23.6 Å². The SMILES string of the molecule is COc1cccc2c1c(C(=O)c1ccccc1N)cn2C. The lowest BCUT2D eigenvalue weighted by Crippen LogP contribution is -2.05. The molecule has 0 unspecified atom stereocenters. The third-order valence-electron chi connectivity index (χ3n) is 3.65. The molecule has 0 fully saturated rings. The molecule has 3 rings (SSSR count). The number of ether oxygens (including phenoxy) is 1.